The Labute approximate surface area is 206 Å². The highest BCUT2D eigenvalue weighted by atomic mass is 32.1. The summed E-state index contributed by atoms with van der Waals surface area (Å²) >= 11 is 5.89. The van der Waals surface area contributed by atoms with Gasteiger partial charge in [0, 0.05) is 29.5 Å². The summed E-state index contributed by atoms with van der Waals surface area (Å²) in [5.74, 6) is 1.31. The number of aromatic nitrogens is 2. The molecule has 1 saturated heterocycles. The molecule has 0 spiro atoms. The summed E-state index contributed by atoms with van der Waals surface area (Å²) in [6, 6.07) is 26.9. The van der Waals surface area contributed by atoms with Crippen LogP contribution in [0.5, 0.6) is 5.75 Å². The van der Waals surface area contributed by atoms with Crippen LogP contribution in [0.4, 0.5) is 5.69 Å². The highest BCUT2D eigenvalue weighted by Gasteiger charge is 2.42. The zero-order valence-corrected chi connectivity index (χ0v) is 20.4. The number of anilines is 1. The number of methoxy groups -OCH3 is 1. The number of thiocarbonyl (C=S) groups is 1. The minimum absolute atomic E-state index is 0.0793. The first-order valence-electron chi connectivity index (χ1n) is 11.5. The molecule has 0 amide bonds. The molecule has 172 valence electrons. The van der Waals surface area contributed by atoms with E-state index in [1.54, 1.807) is 7.11 Å². The molecule has 0 saturated carbocycles. The van der Waals surface area contributed by atoms with Crippen molar-refractivity contribution in [1.82, 2.24) is 14.9 Å². The normalized spacial score (nSPS) is 17.8. The molecule has 0 aliphatic carbocycles. The topological polar surface area (TPSA) is 42.3 Å². The van der Waals surface area contributed by atoms with Crippen LogP contribution in [-0.4, -0.2) is 21.8 Å². The van der Waals surface area contributed by atoms with Crippen LogP contribution in [0.1, 0.15) is 48.8 Å². The minimum Gasteiger partial charge on any atom is -0.497 e. The monoisotopic (exact) mass is 468 g/mol. The fraction of sp³-hybridized carbons (Fsp3) is 0.214. The molecule has 1 N–H and O–H groups in total. The van der Waals surface area contributed by atoms with Gasteiger partial charge in [0.05, 0.1) is 18.8 Å². The molecule has 5 nitrogen and oxygen atoms in total. The lowest BCUT2D eigenvalue weighted by atomic mass is 9.99. The molecular formula is C28H28N4OS. The number of ether oxygens (including phenoxy) is 1. The van der Waals surface area contributed by atoms with Gasteiger partial charge in [-0.3, -0.25) is 4.98 Å². The van der Waals surface area contributed by atoms with Crippen molar-refractivity contribution in [2.75, 3.05) is 12.0 Å². The lowest BCUT2D eigenvalue weighted by Gasteiger charge is -2.29. The van der Waals surface area contributed by atoms with E-state index in [1.807, 2.05) is 30.5 Å². The Kier molecular flexibility index (Phi) is 6.07. The fourth-order valence-corrected chi connectivity index (χ4v) is 4.91. The standard InChI is InChI=1S/C28H28N4OS/c1-19(2)20-9-11-22(12-10-20)32-27(26(30-28(32)34)24-7-4-5-17-29-24)25-8-6-18-31(25)21-13-15-23(33-3)16-14-21/h4-19,26-27H,1-3H3,(H,30,34)/t26-,27-/m0/s1. The van der Waals surface area contributed by atoms with E-state index in [4.69, 9.17) is 17.0 Å². The maximum Gasteiger partial charge on any atom is 0.174 e. The summed E-state index contributed by atoms with van der Waals surface area (Å²) in [6.45, 7) is 4.41. The van der Waals surface area contributed by atoms with Gasteiger partial charge in [-0.15, -0.1) is 0 Å². The van der Waals surface area contributed by atoms with E-state index in [9.17, 15) is 0 Å². The van der Waals surface area contributed by atoms with Crippen LogP contribution in [0, 0.1) is 0 Å². The number of nitrogens with zero attached hydrogens (tertiary/aromatic N) is 3. The van der Waals surface area contributed by atoms with Crippen molar-refractivity contribution in [1.29, 1.82) is 0 Å². The van der Waals surface area contributed by atoms with Crippen LogP contribution in [0.3, 0.4) is 0 Å². The van der Waals surface area contributed by atoms with Gasteiger partial charge in [0.15, 0.2) is 5.11 Å². The second-order valence-electron chi connectivity index (χ2n) is 8.74. The summed E-state index contributed by atoms with van der Waals surface area (Å²) in [4.78, 5) is 6.89. The van der Waals surface area contributed by atoms with Crippen LogP contribution in [0.2, 0.25) is 0 Å². The van der Waals surface area contributed by atoms with E-state index in [1.165, 1.54) is 5.56 Å². The molecule has 4 aromatic rings. The molecule has 1 fully saturated rings. The van der Waals surface area contributed by atoms with Crippen LogP contribution < -0.4 is 15.0 Å². The van der Waals surface area contributed by atoms with E-state index in [2.05, 4.69) is 94.4 Å². The lowest BCUT2D eigenvalue weighted by Crippen LogP contribution is -2.30. The SMILES string of the molecule is COc1ccc(-n2cccc2[C@H]2[C@H](c3ccccn3)NC(=S)N2c2ccc(C(C)C)cc2)cc1. The highest BCUT2D eigenvalue weighted by molar-refractivity contribution is 7.80. The van der Waals surface area contributed by atoms with E-state index in [-0.39, 0.29) is 12.1 Å². The number of pyridine rings is 1. The van der Waals surface area contributed by atoms with Gasteiger partial charge >= 0.3 is 0 Å². The van der Waals surface area contributed by atoms with Gasteiger partial charge < -0.3 is 19.5 Å². The van der Waals surface area contributed by atoms with Crippen molar-refractivity contribution in [3.63, 3.8) is 0 Å². The maximum absolute atomic E-state index is 5.89. The molecule has 2 aromatic carbocycles. The number of rotatable bonds is 6. The molecule has 5 rings (SSSR count). The Bertz CT molecular complexity index is 1270. The molecule has 3 heterocycles. The second kappa shape index (κ2) is 9.31. The summed E-state index contributed by atoms with van der Waals surface area (Å²) in [5.41, 5.74) is 5.52. The smallest absolute Gasteiger partial charge is 0.174 e. The number of benzene rings is 2. The summed E-state index contributed by atoms with van der Waals surface area (Å²) in [5, 5.41) is 4.25. The molecule has 6 heteroatoms. The number of nitrogens with one attached hydrogen (secondary N) is 1. The minimum atomic E-state index is -0.0922. The van der Waals surface area contributed by atoms with Gasteiger partial charge in [-0.05, 0) is 84.4 Å². The van der Waals surface area contributed by atoms with Crippen molar-refractivity contribution in [3.8, 4) is 11.4 Å². The van der Waals surface area contributed by atoms with Crippen LogP contribution in [0.25, 0.3) is 5.69 Å². The average Bonchev–Trinajstić information content (AvgIpc) is 3.49. The third kappa shape index (κ3) is 4.05. The molecule has 0 radical (unpaired) electrons. The Morgan fingerprint density at radius 1 is 0.912 bits per heavy atom. The van der Waals surface area contributed by atoms with E-state index < -0.39 is 0 Å². The molecule has 2 atom stereocenters. The van der Waals surface area contributed by atoms with Gasteiger partial charge in [-0.25, -0.2) is 0 Å². The van der Waals surface area contributed by atoms with Crippen LogP contribution in [-0.2, 0) is 0 Å². The lowest BCUT2D eigenvalue weighted by molar-refractivity contribution is 0.414. The predicted octanol–water partition coefficient (Wildman–Crippen LogP) is 6.18. The Morgan fingerprint density at radius 2 is 1.65 bits per heavy atom. The van der Waals surface area contributed by atoms with Gasteiger partial charge in [0.2, 0.25) is 0 Å². The Balaban J connectivity index is 1.62. The van der Waals surface area contributed by atoms with Crippen molar-refractivity contribution in [3.05, 3.63) is 108 Å². The van der Waals surface area contributed by atoms with Crippen molar-refractivity contribution in [2.45, 2.75) is 31.8 Å². The first-order valence-corrected chi connectivity index (χ1v) is 11.9. The largest absolute Gasteiger partial charge is 0.497 e. The van der Waals surface area contributed by atoms with Crippen LogP contribution in [0.15, 0.2) is 91.3 Å². The zero-order valence-electron chi connectivity index (χ0n) is 19.6. The number of hydrogen-bond donors (Lipinski definition) is 1. The Hall–Kier alpha value is -3.64. The number of hydrogen-bond acceptors (Lipinski definition) is 3. The first kappa shape index (κ1) is 22.2. The van der Waals surface area contributed by atoms with E-state index in [0.717, 1.165) is 28.5 Å². The van der Waals surface area contributed by atoms with Gasteiger partial charge in [-0.1, -0.05) is 32.0 Å². The van der Waals surface area contributed by atoms with Gasteiger partial charge in [-0.2, -0.15) is 0 Å². The third-order valence-corrected chi connectivity index (χ3v) is 6.68. The molecule has 1 aliphatic rings. The summed E-state index contributed by atoms with van der Waals surface area (Å²) in [6.07, 6.45) is 3.92. The molecule has 0 bridgehead atoms. The van der Waals surface area contributed by atoms with Crippen molar-refractivity contribution >= 4 is 23.0 Å². The van der Waals surface area contributed by atoms with E-state index in [0.29, 0.717) is 11.0 Å². The quantitative estimate of drug-likeness (QED) is 0.342. The third-order valence-electron chi connectivity index (χ3n) is 6.37. The second-order valence-corrected chi connectivity index (χ2v) is 9.13. The summed E-state index contributed by atoms with van der Waals surface area (Å²) < 4.78 is 7.57. The zero-order chi connectivity index (χ0) is 23.7. The molecule has 2 aromatic heterocycles. The first-order chi connectivity index (χ1) is 16.6. The van der Waals surface area contributed by atoms with Crippen LogP contribution >= 0.6 is 12.2 Å². The van der Waals surface area contributed by atoms with Gasteiger partial charge in [0.1, 0.15) is 11.8 Å². The van der Waals surface area contributed by atoms with Gasteiger partial charge in [0.25, 0.3) is 0 Å². The highest BCUT2D eigenvalue weighted by Crippen LogP contribution is 2.42. The molecular weight excluding hydrogens is 440 g/mol. The van der Waals surface area contributed by atoms with Crippen molar-refractivity contribution < 1.29 is 4.74 Å². The van der Waals surface area contributed by atoms with E-state index >= 15 is 0 Å². The Morgan fingerprint density at radius 3 is 2.29 bits per heavy atom. The molecule has 1 aliphatic heterocycles. The molecule has 34 heavy (non-hydrogen) atoms. The fourth-order valence-electron chi connectivity index (χ4n) is 4.57. The molecule has 0 unspecified atom stereocenters. The summed E-state index contributed by atoms with van der Waals surface area (Å²) in [7, 11) is 1.68. The average molecular weight is 469 g/mol. The predicted molar refractivity (Wildman–Crippen MR) is 141 cm³/mol. The maximum atomic E-state index is 5.89. The van der Waals surface area contributed by atoms with Crippen molar-refractivity contribution in [2.24, 2.45) is 0 Å².